The smallest absolute Gasteiger partial charge is 0.0825 e. The molecule has 4 heteroatoms. The van der Waals surface area contributed by atoms with Gasteiger partial charge in [-0.1, -0.05) is 29.8 Å². The van der Waals surface area contributed by atoms with E-state index in [-0.39, 0.29) is 6.04 Å². The number of nitrogens with one attached hydrogen (secondary N) is 2. The Labute approximate surface area is 106 Å². The summed E-state index contributed by atoms with van der Waals surface area (Å²) in [6, 6.07) is 8.02. The Morgan fingerprint density at radius 2 is 2.00 bits per heavy atom. The molecule has 2 rings (SSSR count). The highest BCUT2D eigenvalue weighted by Gasteiger charge is 2.12. The summed E-state index contributed by atoms with van der Waals surface area (Å²) in [5.41, 5.74) is 4.16. The Morgan fingerprint density at radius 3 is 2.59 bits per heavy atom. The van der Waals surface area contributed by atoms with E-state index in [1.807, 2.05) is 38.1 Å². The third-order valence-electron chi connectivity index (χ3n) is 2.86. The van der Waals surface area contributed by atoms with Gasteiger partial charge in [-0.25, -0.2) is 0 Å². The fourth-order valence-electron chi connectivity index (χ4n) is 1.88. The van der Waals surface area contributed by atoms with Crippen molar-refractivity contribution in [1.29, 1.82) is 0 Å². The lowest BCUT2D eigenvalue weighted by Crippen LogP contribution is -2.08. The lowest BCUT2D eigenvalue weighted by molar-refractivity contribution is 0.881. The SMILES string of the molecule is Cc1n[nH]c(C)c1NC(C)c1ccccc1Cl. The summed E-state index contributed by atoms with van der Waals surface area (Å²) in [7, 11) is 0. The maximum atomic E-state index is 6.18. The molecule has 0 saturated carbocycles. The first kappa shape index (κ1) is 12.0. The average molecular weight is 250 g/mol. The lowest BCUT2D eigenvalue weighted by Gasteiger charge is -2.17. The van der Waals surface area contributed by atoms with Crippen molar-refractivity contribution < 1.29 is 0 Å². The van der Waals surface area contributed by atoms with Crippen LogP contribution < -0.4 is 5.32 Å². The molecular weight excluding hydrogens is 234 g/mol. The molecule has 90 valence electrons. The fraction of sp³-hybridized carbons (Fsp3) is 0.308. The highest BCUT2D eigenvalue weighted by molar-refractivity contribution is 6.31. The minimum atomic E-state index is 0.152. The monoisotopic (exact) mass is 249 g/mol. The molecule has 17 heavy (non-hydrogen) atoms. The largest absolute Gasteiger partial charge is 0.375 e. The Kier molecular flexibility index (Phi) is 3.38. The highest BCUT2D eigenvalue weighted by Crippen LogP contribution is 2.27. The van der Waals surface area contributed by atoms with Crippen LogP contribution in [0.25, 0.3) is 0 Å². The van der Waals surface area contributed by atoms with E-state index >= 15 is 0 Å². The standard InChI is InChI=1S/C13H16ClN3/c1-8(11-6-4-5-7-12(11)14)15-13-9(2)16-17-10(13)3/h4-8,15H,1-3H3,(H,16,17). The Hall–Kier alpha value is -1.48. The molecule has 0 bridgehead atoms. The molecule has 1 unspecified atom stereocenters. The molecule has 0 aliphatic carbocycles. The van der Waals surface area contributed by atoms with Crippen LogP contribution in [-0.4, -0.2) is 10.2 Å². The first-order valence-electron chi connectivity index (χ1n) is 5.62. The second-order valence-electron chi connectivity index (χ2n) is 4.20. The second-order valence-corrected chi connectivity index (χ2v) is 4.60. The van der Waals surface area contributed by atoms with Crippen molar-refractivity contribution in [2.45, 2.75) is 26.8 Å². The number of H-pyrrole nitrogens is 1. The summed E-state index contributed by atoms with van der Waals surface area (Å²) in [6.45, 7) is 6.07. The molecule has 0 aliphatic rings. The van der Waals surface area contributed by atoms with E-state index in [4.69, 9.17) is 11.6 Å². The first-order chi connectivity index (χ1) is 8.09. The molecule has 0 aliphatic heterocycles. The number of aromatic amines is 1. The van der Waals surface area contributed by atoms with Gasteiger partial charge in [-0.3, -0.25) is 5.10 Å². The van der Waals surface area contributed by atoms with Crippen LogP contribution in [0.1, 0.15) is 29.9 Å². The van der Waals surface area contributed by atoms with Crippen LogP contribution in [0.4, 0.5) is 5.69 Å². The van der Waals surface area contributed by atoms with Crippen molar-refractivity contribution in [3.8, 4) is 0 Å². The molecule has 1 aromatic heterocycles. The zero-order valence-corrected chi connectivity index (χ0v) is 11.0. The quantitative estimate of drug-likeness (QED) is 0.867. The number of rotatable bonds is 3. The van der Waals surface area contributed by atoms with E-state index in [0.29, 0.717) is 0 Å². The zero-order chi connectivity index (χ0) is 12.4. The van der Waals surface area contributed by atoms with Gasteiger partial charge in [-0.05, 0) is 32.4 Å². The highest BCUT2D eigenvalue weighted by atomic mass is 35.5. The van der Waals surface area contributed by atoms with E-state index in [1.54, 1.807) is 0 Å². The Morgan fingerprint density at radius 1 is 1.29 bits per heavy atom. The predicted molar refractivity (Wildman–Crippen MR) is 71.6 cm³/mol. The van der Waals surface area contributed by atoms with Crippen LogP contribution in [0.15, 0.2) is 24.3 Å². The van der Waals surface area contributed by atoms with Crippen molar-refractivity contribution >= 4 is 17.3 Å². The number of aryl methyl sites for hydroxylation is 2. The molecule has 0 amide bonds. The summed E-state index contributed by atoms with van der Waals surface area (Å²) in [6.07, 6.45) is 0. The molecule has 0 fully saturated rings. The predicted octanol–water partition coefficient (Wildman–Crippen LogP) is 3.85. The van der Waals surface area contributed by atoms with Crippen molar-refractivity contribution in [2.24, 2.45) is 0 Å². The number of hydrogen-bond donors (Lipinski definition) is 2. The van der Waals surface area contributed by atoms with Gasteiger partial charge in [0.1, 0.15) is 0 Å². The number of aromatic nitrogens is 2. The summed E-state index contributed by atoms with van der Waals surface area (Å²) in [5.74, 6) is 0. The summed E-state index contributed by atoms with van der Waals surface area (Å²) in [5, 5.41) is 11.3. The van der Waals surface area contributed by atoms with Crippen LogP contribution in [0, 0.1) is 13.8 Å². The minimum Gasteiger partial charge on any atom is -0.375 e. The molecule has 0 saturated heterocycles. The van der Waals surface area contributed by atoms with Gasteiger partial charge in [0.25, 0.3) is 0 Å². The third kappa shape index (κ3) is 2.44. The summed E-state index contributed by atoms with van der Waals surface area (Å²) < 4.78 is 0. The van der Waals surface area contributed by atoms with Crippen LogP contribution in [0.5, 0.6) is 0 Å². The van der Waals surface area contributed by atoms with Crippen LogP contribution in [0.2, 0.25) is 5.02 Å². The van der Waals surface area contributed by atoms with Crippen LogP contribution in [0.3, 0.4) is 0 Å². The topological polar surface area (TPSA) is 40.7 Å². The number of anilines is 1. The minimum absolute atomic E-state index is 0.152. The van der Waals surface area contributed by atoms with Gasteiger partial charge in [0.15, 0.2) is 0 Å². The Balaban J connectivity index is 2.23. The molecule has 2 aromatic rings. The van der Waals surface area contributed by atoms with E-state index in [1.165, 1.54) is 0 Å². The van der Waals surface area contributed by atoms with Gasteiger partial charge in [-0.15, -0.1) is 0 Å². The second kappa shape index (κ2) is 4.80. The van der Waals surface area contributed by atoms with Gasteiger partial charge in [0.05, 0.1) is 23.1 Å². The van der Waals surface area contributed by atoms with Gasteiger partial charge >= 0.3 is 0 Å². The molecule has 0 radical (unpaired) electrons. The van der Waals surface area contributed by atoms with Crippen molar-refractivity contribution in [3.63, 3.8) is 0 Å². The molecule has 1 aromatic carbocycles. The van der Waals surface area contributed by atoms with Crippen molar-refractivity contribution in [3.05, 3.63) is 46.2 Å². The normalized spacial score (nSPS) is 12.5. The molecule has 2 N–H and O–H groups in total. The van der Waals surface area contributed by atoms with E-state index in [9.17, 15) is 0 Å². The summed E-state index contributed by atoms with van der Waals surface area (Å²) in [4.78, 5) is 0. The average Bonchev–Trinajstić information content (AvgIpc) is 2.61. The Bertz CT molecular complexity index is 500. The lowest BCUT2D eigenvalue weighted by atomic mass is 10.1. The van der Waals surface area contributed by atoms with Crippen molar-refractivity contribution in [2.75, 3.05) is 5.32 Å². The number of benzene rings is 1. The first-order valence-corrected chi connectivity index (χ1v) is 6.00. The van der Waals surface area contributed by atoms with Gasteiger partial charge in [0.2, 0.25) is 0 Å². The van der Waals surface area contributed by atoms with Gasteiger partial charge < -0.3 is 5.32 Å². The third-order valence-corrected chi connectivity index (χ3v) is 3.20. The molecule has 0 spiro atoms. The van der Waals surface area contributed by atoms with Gasteiger partial charge in [0, 0.05) is 5.02 Å². The molecule has 3 nitrogen and oxygen atoms in total. The maximum Gasteiger partial charge on any atom is 0.0825 e. The molecule has 1 heterocycles. The van der Waals surface area contributed by atoms with E-state index < -0.39 is 0 Å². The van der Waals surface area contributed by atoms with Gasteiger partial charge in [-0.2, -0.15) is 5.10 Å². The number of halogens is 1. The molecular formula is C13H16ClN3. The van der Waals surface area contributed by atoms with E-state index in [2.05, 4.69) is 22.4 Å². The summed E-state index contributed by atoms with van der Waals surface area (Å²) >= 11 is 6.18. The molecule has 1 atom stereocenters. The van der Waals surface area contributed by atoms with Crippen LogP contribution in [-0.2, 0) is 0 Å². The van der Waals surface area contributed by atoms with Crippen LogP contribution >= 0.6 is 11.6 Å². The fourth-order valence-corrected chi connectivity index (χ4v) is 2.18. The maximum absolute atomic E-state index is 6.18. The zero-order valence-electron chi connectivity index (χ0n) is 10.2. The van der Waals surface area contributed by atoms with E-state index in [0.717, 1.165) is 27.7 Å². The number of nitrogens with zero attached hydrogens (tertiary/aromatic N) is 1. The van der Waals surface area contributed by atoms with Crippen molar-refractivity contribution in [1.82, 2.24) is 10.2 Å². The number of hydrogen-bond acceptors (Lipinski definition) is 2.